The molecule has 9 nitrogen and oxygen atoms in total. The van der Waals surface area contributed by atoms with E-state index >= 15 is 0 Å². The van der Waals surface area contributed by atoms with Gasteiger partial charge in [0.15, 0.2) is 6.29 Å². The second-order valence-corrected chi connectivity index (χ2v) is 17.6. The van der Waals surface area contributed by atoms with E-state index in [0.717, 1.165) is 38.5 Å². The highest BCUT2D eigenvalue weighted by Gasteiger charge is 2.44. The van der Waals surface area contributed by atoms with Gasteiger partial charge in [0.05, 0.1) is 25.4 Å². The number of hydrogen-bond acceptors (Lipinski definition) is 8. The summed E-state index contributed by atoms with van der Waals surface area (Å²) in [7, 11) is 0. The zero-order chi connectivity index (χ0) is 42.3. The minimum atomic E-state index is -1.56. The van der Waals surface area contributed by atoms with Gasteiger partial charge in [-0.25, -0.2) is 0 Å². The molecule has 1 aliphatic heterocycles. The van der Waals surface area contributed by atoms with Crippen molar-refractivity contribution in [2.24, 2.45) is 0 Å². The molecule has 344 valence electrons. The lowest BCUT2D eigenvalue weighted by Gasteiger charge is -2.40. The summed E-state index contributed by atoms with van der Waals surface area (Å²) in [6, 6.07) is -0.798. The first-order valence-electron chi connectivity index (χ1n) is 24.9. The van der Waals surface area contributed by atoms with E-state index in [2.05, 4.69) is 19.2 Å². The number of ether oxygens (including phenoxy) is 2. The van der Waals surface area contributed by atoms with Gasteiger partial charge in [-0.05, 0) is 19.3 Å². The fourth-order valence-electron chi connectivity index (χ4n) is 8.10. The van der Waals surface area contributed by atoms with Crippen LogP contribution in [0.3, 0.4) is 0 Å². The van der Waals surface area contributed by atoms with Gasteiger partial charge in [0, 0.05) is 6.42 Å². The minimum absolute atomic E-state index is 0.173. The molecule has 1 amide bonds. The molecule has 0 aromatic rings. The van der Waals surface area contributed by atoms with Gasteiger partial charge in [-0.3, -0.25) is 4.79 Å². The number of nitrogens with one attached hydrogen (secondary N) is 1. The van der Waals surface area contributed by atoms with Gasteiger partial charge >= 0.3 is 0 Å². The first kappa shape index (κ1) is 54.9. The van der Waals surface area contributed by atoms with Crippen molar-refractivity contribution in [1.82, 2.24) is 5.32 Å². The summed E-state index contributed by atoms with van der Waals surface area (Å²) in [4.78, 5) is 13.0. The topological polar surface area (TPSA) is 149 Å². The Morgan fingerprint density at radius 3 is 1.34 bits per heavy atom. The number of aliphatic hydroxyl groups excluding tert-OH is 5. The van der Waals surface area contributed by atoms with Crippen molar-refractivity contribution in [2.75, 3.05) is 13.2 Å². The Balaban J connectivity index is 2.25. The van der Waals surface area contributed by atoms with E-state index in [-0.39, 0.29) is 12.5 Å². The third-order valence-corrected chi connectivity index (χ3v) is 12.1. The molecule has 0 radical (unpaired) electrons. The molecular formula is C49H95NO8. The lowest BCUT2D eigenvalue weighted by molar-refractivity contribution is -0.302. The molecule has 1 fully saturated rings. The fourth-order valence-corrected chi connectivity index (χ4v) is 8.10. The highest BCUT2D eigenvalue weighted by atomic mass is 16.7. The van der Waals surface area contributed by atoms with Crippen LogP contribution in [0.5, 0.6) is 0 Å². The molecule has 9 heteroatoms. The number of allylic oxidation sites excluding steroid dienone is 1. The SMILES string of the molecule is CCCCCCCCCCCCC/C=C/[C@@H](O)[C@H](CO[C@@H]1O[C@H](CO)[C@H](O)C(O)C1O)NC(=O)CCCCCCCCCCCCCCCCCCCCCCCC. The first-order valence-corrected chi connectivity index (χ1v) is 24.9. The second-order valence-electron chi connectivity index (χ2n) is 17.6. The fraction of sp³-hybridized carbons (Fsp3) is 0.939. The molecule has 0 aliphatic carbocycles. The Morgan fingerprint density at radius 2 is 0.948 bits per heavy atom. The summed E-state index contributed by atoms with van der Waals surface area (Å²) in [6.07, 6.45) is 39.8. The van der Waals surface area contributed by atoms with Crippen molar-refractivity contribution in [2.45, 2.75) is 281 Å². The summed E-state index contributed by atoms with van der Waals surface area (Å²) in [5.41, 5.74) is 0. The van der Waals surface area contributed by atoms with Gasteiger partial charge in [-0.15, -0.1) is 0 Å². The van der Waals surface area contributed by atoms with Crippen LogP contribution in [0.25, 0.3) is 0 Å². The molecule has 1 heterocycles. The number of carbonyl (C=O) groups is 1. The minimum Gasteiger partial charge on any atom is -0.394 e. The highest BCUT2D eigenvalue weighted by Crippen LogP contribution is 2.23. The van der Waals surface area contributed by atoms with Crippen LogP contribution in [0.15, 0.2) is 12.2 Å². The first-order chi connectivity index (χ1) is 28.3. The van der Waals surface area contributed by atoms with Crippen molar-refractivity contribution in [3.05, 3.63) is 12.2 Å². The maximum absolute atomic E-state index is 13.0. The van der Waals surface area contributed by atoms with Gasteiger partial charge < -0.3 is 40.3 Å². The van der Waals surface area contributed by atoms with Crippen LogP contribution in [0.4, 0.5) is 0 Å². The van der Waals surface area contributed by atoms with Crippen molar-refractivity contribution in [3.63, 3.8) is 0 Å². The lowest BCUT2D eigenvalue weighted by Crippen LogP contribution is -2.60. The summed E-state index contributed by atoms with van der Waals surface area (Å²) in [6.45, 7) is 3.79. The highest BCUT2D eigenvalue weighted by molar-refractivity contribution is 5.76. The number of amides is 1. The molecule has 6 N–H and O–H groups in total. The molecule has 0 aromatic carbocycles. The maximum Gasteiger partial charge on any atom is 0.220 e. The maximum atomic E-state index is 13.0. The van der Waals surface area contributed by atoms with Gasteiger partial charge in [0.25, 0.3) is 0 Å². The predicted molar refractivity (Wildman–Crippen MR) is 240 cm³/mol. The molecule has 1 rings (SSSR count). The molecule has 58 heavy (non-hydrogen) atoms. The zero-order valence-corrected chi connectivity index (χ0v) is 37.8. The van der Waals surface area contributed by atoms with Gasteiger partial charge in [-0.2, -0.15) is 0 Å². The third kappa shape index (κ3) is 30.0. The number of aliphatic hydroxyl groups is 5. The van der Waals surface area contributed by atoms with E-state index in [1.807, 2.05) is 6.08 Å². The van der Waals surface area contributed by atoms with E-state index < -0.39 is 49.5 Å². The normalized spacial score (nSPS) is 20.8. The van der Waals surface area contributed by atoms with E-state index in [9.17, 15) is 30.3 Å². The average molecular weight is 826 g/mol. The molecule has 0 aromatic heterocycles. The van der Waals surface area contributed by atoms with E-state index in [0.29, 0.717) is 6.42 Å². The molecule has 1 saturated heterocycles. The van der Waals surface area contributed by atoms with Crippen LogP contribution in [-0.4, -0.2) is 87.5 Å². The van der Waals surface area contributed by atoms with Crippen molar-refractivity contribution in [3.8, 4) is 0 Å². The summed E-state index contributed by atoms with van der Waals surface area (Å²) in [5.74, 6) is -0.173. The van der Waals surface area contributed by atoms with Crippen LogP contribution in [0.2, 0.25) is 0 Å². The van der Waals surface area contributed by atoms with E-state index in [1.165, 1.54) is 180 Å². The van der Waals surface area contributed by atoms with Crippen LogP contribution in [0.1, 0.15) is 239 Å². The van der Waals surface area contributed by atoms with E-state index in [1.54, 1.807) is 6.08 Å². The molecule has 0 bridgehead atoms. The van der Waals surface area contributed by atoms with Gasteiger partial charge in [0.2, 0.25) is 5.91 Å². The number of hydrogen-bond donors (Lipinski definition) is 6. The Labute approximate surface area is 356 Å². The van der Waals surface area contributed by atoms with Gasteiger partial charge in [-0.1, -0.05) is 225 Å². The van der Waals surface area contributed by atoms with E-state index in [4.69, 9.17) is 9.47 Å². The van der Waals surface area contributed by atoms with Crippen molar-refractivity contribution in [1.29, 1.82) is 0 Å². The third-order valence-electron chi connectivity index (χ3n) is 12.1. The Hall–Kier alpha value is -1.07. The summed E-state index contributed by atoms with van der Waals surface area (Å²) < 4.78 is 11.2. The molecule has 0 spiro atoms. The quantitative estimate of drug-likeness (QED) is 0.0263. The molecule has 7 atom stereocenters. The zero-order valence-electron chi connectivity index (χ0n) is 37.8. The monoisotopic (exact) mass is 826 g/mol. The number of unbranched alkanes of at least 4 members (excludes halogenated alkanes) is 32. The summed E-state index contributed by atoms with van der Waals surface area (Å²) in [5, 5.41) is 54.2. The van der Waals surface area contributed by atoms with Crippen molar-refractivity contribution < 1.29 is 39.8 Å². The second kappa shape index (κ2) is 40.0. The van der Waals surface area contributed by atoms with Crippen LogP contribution in [-0.2, 0) is 14.3 Å². The average Bonchev–Trinajstić information content (AvgIpc) is 3.22. The Kier molecular flexibility index (Phi) is 37.9. The standard InChI is InChI=1S/C49H95NO8/c1-3-5-7-9-11-13-15-17-18-19-20-21-22-23-24-25-27-29-31-33-35-37-39-45(53)50-42(41-57-49-48(56)47(55)46(54)44(40-51)58-49)43(52)38-36-34-32-30-28-26-16-14-12-10-8-6-4-2/h36,38,42-44,46-49,51-52,54-56H,3-35,37,39-41H2,1-2H3,(H,50,53)/b38-36+/t42-,43+,44+,46-,47?,48?,49+/m0/s1. The van der Waals surface area contributed by atoms with Crippen molar-refractivity contribution >= 4 is 5.91 Å². The summed E-state index contributed by atoms with van der Waals surface area (Å²) >= 11 is 0. The smallest absolute Gasteiger partial charge is 0.220 e. The number of carbonyl (C=O) groups excluding carboxylic acids is 1. The Bertz CT molecular complexity index is 919. The lowest BCUT2D eigenvalue weighted by atomic mass is 9.99. The van der Waals surface area contributed by atoms with Crippen LogP contribution < -0.4 is 5.32 Å². The van der Waals surface area contributed by atoms with Gasteiger partial charge in [0.1, 0.15) is 24.4 Å². The molecule has 2 unspecified atom stereocenters. The molecule has 1 aliphatic rings. The van der Waals surface area contributed by atoms with Crippen LogP contribution in [0, 0.1) is 0 Å². The number of rotatable bonds is 42. The Morgan fingerprint density at radius 1 is 0.569 bits per heavy atom. The molecular weight excluding hydrogens is 731 g/mol. The largest absolute Gasteiger partial charge is 0.394 e. The molecule has 0 saturated carbocycles. The van der Waals surface area contributed by atoms with Crippen LogP contribution >= 0.6 is 0 Å². The predicted octanol–water partition coefficient (Wildman–Crippen LogP) is 10.9.